The monoisotopic (exact) mass is 337 g/mol. The third-order valence-corrected chi connectivity index (χ3v) is 4.31. The van der Waals surface area contributed by atoms with E-state index in [0.29, 0.717) is 18.8 Å². The van der Waals surface area contributed by atoms with Crippen molar-refractivity contribution in [3.63, 3.8) is 0 Å². The van der Waals surface area contributed by atoms with Crippen molar-refractivity contribution >= 4 is 16.8 Å². The number of nitrogens with one attached hydrogen (secondary N) is 1. The van der Waals surface area contributed by atoms with Gasteiger partial charge in [-0.25, -0.2) is 0 Å². The molecule has 0 bridgehead atoms. The molecule has 0 radical (unpaired) electrons. The summed E-state index contributed by atoms with van der Waals surface area (Å²) in [5.74, 6) is 0.756. The summed E-state index contributed by atoms with van der Waals surface area (Å²) in [6.07, 6.45) is 3.48. The maximum atomic E-state index is 12.8. The number of hydrogen-bond donors (Lipinski definition) is 1. The van der Waals surface area contributed by atoms with Crippen molar-refractivity contribution < 1.29 is 9.53 Å². The first kappa shape index (κ1) is 17.0. The predicted octanol–water partition coefficient (Wildman–Crippen LogP) is 3.69. The van der Waals surface area contributed by atoms with Gasteiger partial charge < -0.3 is 14.6 Å². The first-order chi connectivity index (χ1) is 12.2. The summed E-state index contributed by atoms with van der Waals surface area (Å²) in [7, 11) is 0. The number of hydrogen-bond acceptors (Lipinski definition) is 3. The molecule has 0 saturated heterocycles. The summed E-state index contributed by atoms with van der Waals surface area (Å²) < 4.78 is 7.66. The summed E-state index contributed by atoms with van der Waals surface area (Å²) in [6.45, 7) is 7.81. The van der Waals surface area contributed by atoms with E-state index in [4.69, 9.17) is 4.74 Å². The second kappa shape index (κ2) is 7.38. The van der Waals surface area contributed by atoms with Crippen LogP contribution in [0.3, 0.4) is 0 Å². The Morgan fingerprint density at radius 2 is 2.12 bits per heavy atom. The van der Waals surface area contributed by atoms with E-state index >= 15 is 0 Å². The van der Waals surface area contributed by atoms with Crippen LogP contribution in [-0.2, 0) is 13.1 Å². The summed E-state index contributed by atoms with van der Waals surface area (Å²) in [4.78, 5) is 16.9. The highest BCUT2D eigenvalue weighted by molar-refractivity contribution is 6.02. The van der Waals surface area contributed by atoms with Crippen LogP contribution in [0.4, 0.5) is 0 Å². The van der Waals surface area contributed by atoms with E-state index in [9.17, 15) is 4.79 Å². The van der Waals surface area contributed by atoms with Crippen LogP contribution in [0.1, 0.15) is 35.5 Å². The van der Waals surface area contributed by atoms with Gasteiger partial charge in [-0.3, -0.25) is 9.78 Å². The lowest BCUT2D eigenvalue weighted by Crippen LogP contribution is -2.26. The van der Waals surface area contributed by atoms with Gasteiger partial charge in [0.05, 0.1) is 6.61 Å². The minimum absolute atomic E-state index is 0.0719. The van der Waals surface area contributed by atoms with E-state index in [1.807, 2.05) is 51.1 Å². The third-order valence-electron chi connectivity index (χ3n) is 4.31. The number of pyridine rings is 1. The molecule has 0 aliphatic heterocycles. The number of carbonyl (C=O) groups excluding carboxylic acids is 1. The fourth-order valence-electron chi connectivity index (χ4n) is 3.15. The maximum absolute atomic E-state index is 12.8. The highest BCUT2D eigenvalue weighted by Crippen LogP contribution is 2.29. The SMILES string of the molecule is CCOc1ccc2c(c1)c(C)c(C(=O)NCc1cccnc1)n2CC. The van der Waals surface area contributed by atoms with Gasteiger partial charge in [-0.1, -0.05) is 6.07 Å². The number of amides is 1. The van der Waals surface area contributed by atoms with Crippen molar-refractivity contribution in [2.24, 2.45) is 0 Å². The summed E-state index contributed by atoms with van der Waals surface area (Å²) >= 11 is 0. The number of carbonyl (C=O) groups is 1. The lowest BCUT2D eigenvalue weighted by molar-refractivity contribution is 0.0941. The topological polar surface area (TPSA) is 56.1 Å². The second-order valence-electron chi connectivity index (χ2n) is 5.87. The van der Waals surface area contributed by atoms with E-state index in [2.05, 4.69) is 14.9 Å². The van der Waals surface area contributed by atoms with Crippen LogP contribution in [0.15, 0.2) is 42.7 Å². The fraction of sp³-hybridized carbons (Fsp3) is 0.300. The Kier molecular flexibility index (Phi) is 5.03. The minimum atomic E-state index is -0.0719. The molecular formula is C20H23N3O2. The molecule has 1 N–H and O–H groups in total. The summed E-state index contributed by atoms with van der Waals surface area (Å²) in [6, 6.07) is 9.80. The first-order valence-corrected chi connectivity index (χ1v) is 8.58. The molecular weight excluding hydrogens is 314 g/mol. The van der Waals surface area contributed by atoms with Gasteiger partial charge in [-0.2, -0.15) is 0 Å². The molecule has 3 aromatic rings. The van der Waals surface area contributed by atoms with Crippen LogP contribution in [0, 0.1) is 6.92 Å². The number of fused-ring (bicyclic) bond motifs is 1. The molecule has 2 aromatic heterocycles. The molecule has 3 rings (SSSR count). The van der Waals surface area contributed by atoms with Crippen molar-refractivity contribution in [2.75, 3.05) is 6.61 Å². The van der Waals surface area contributed by atoms with Crippen molar-refractivity contribution in [1.29, 1.82) is 0 Å². The molecule has 0 unspecified atom stereocenters. The number of benzene rings is 1. The zero-order valence-electron chi connectivity index (χ0n) is 14.9. The van der Waals surface area contributed by atoms with Gasteiger partial charge in [0.1, 0.15) is 11.4 Å². The molecule has 25 heavy (non-hydrogen) atoms. The lowest BCUT2D eigenvalue weighted by atomic mass is 10.1. The summed E-state index contributed by atoms with van der Waals surface area (Å²) in [5, 5.41) is 4.06. The Labute approximate surface area is 147 Å². The molecule has 5 heteroatoms. The van der Waals surface area contributed by atoms with E-state index in [-0.39, 0.29) is 5.91 Å². The molecule has 0 aliphatic carbocycles. The molecule has 0 aliphatic rings. The van der Waals surface area contributed by atoms with Crippen LogP contribution < -0.4 is 10.1 Å². The number of aromatic nitrogens is 2. The maximum Gasteiger partial charge on any atom is 0.268 e. The van der Waals surface area contributed by atoms with Crippen LogP contribution in [0.2, 0.25) is 0 Å². The van der Waals surface area contributed by atoms with Crippen molar-refractivity contribution in [3.05, 3.63) is 59.5 Å². The highest BCUT2D eigenvalue weighted by Gasteiger charge is 2.19. The van der Waals surface area contributed by atoms with Crippen LogP contribution in [-0.4, -0.2) is 22.1 Å². The van der Waals surface area contributed by atoms with Gasteiger partial charge in [-0.15, -0.1) is 0 Å². The highest BCUT2D eigenvalue weighted by atomic mass is 16.5. The largest absolute Gasteiger partial charge is 0.494 e. The van der Waals surface area contributed by atoms with Crippen molar-refractivity contribution in [2.45, 2.75) is 33.9 Å². The molecule has 0 spiro atoms. The third kappa shape index (κ3) is 3.36. The van der Waals surface area contributed by atoms with Crippen LogP contribution >= 0.6 is 0 Å². The average Bonchev–Trinajstić information content (AvgIpc) is 2.92. The molecule has 5 nitrogen and oxygen atoms in total. The van der Waals surface area contributed by atoms with Gasteiger partial charge in [-0.05, 0) is 56.2 Å². The number of nitrogens with zero attached hydrogens (tertiary/aromatic N) is 2. The molecule has 0 saturated carbocycles. The van der Waals surface area contributed by atoms with Gasteiger partial charge >= 0.3 is 0 Å². The first-order valence-electron chi connectivity index (χ1n) is 8.58. The second-order valence-corrected chi connectivity index (χ2v) is 5.87. The predicted molar refractivity (Wildman–Crippen MR) is 98.9 cm³/mol. The van der Waals surface area contributed by atoms with Gasteiger partial charge in [0.25, 0.3) is 5.91 Å². The molecule has 1 amide bonds. The van der Waals surface area contributed by atoms with Crippen LogP contribution in [0.25, 0.3) is 10.9 Å². The van der Waals surface area contributed by atoms with Crippen LogP contribution in [0.5, 0.6) is 5.75 Å². The van der Waals surface area contributed by atoms with Gasteiger partial charge in [0.2, 0.25) is 0 Å². The Bertz CT molecular complexity index is 885. The standard InChI is InChI=1S/C20H23N3O2/c1-4-23-18-9-8-16(25-5-2)11-17(18)14(3)19(23)20(24)22-13-15-7-6-10-21-12-15/h6-12H,4-5,13H2,1-3H3,(H,22,24). The van der Waals surface area contributed by atoms with Crippen molar-refractivity contribution in [1.82, 2.24) is 14.9 Å². The Morgan fingerprint density at radius 1 is 1.28 bits per heavy atom. The van der Waals surface area contributed by atoms with Gasteiger partial charge in [0, 0.05) is 36.4 Å². The Morgan fingerprint density at radius 3 is 2.80 bits per heavy atom. The molecule has 130 valence electrons. The minimum Gasteiger partial charge on any atom is -0.494 e. The molecule has 0 fully saturated rings. The Balaban J connectivity index is 1.94. The van der Waals surface area contributed by atoms with E-state index in [1.54, 1.807) is 12.4 Å². The van der Waals surface area contributed by atoms with E-state index in [0.717, 1.165) is 34.3 Å². The average molecular weight is 337 g/mol. The lowest BCUT2D eigenvalue weighted by Gasteiger charge is -2.10. The number of ether oxygens (including phenoxy) is 1. The number of rotatable bonds is 6. The van der Waals surface area contributed by atoms with E-state index < -0.39 is 0 Å². The van der Waals surface area contributed by atoms with Gasteiger partial charge in [0.15, 0.2) is 0 Å². The Hall–Kier alpha value is -2.82. The zero-order chi connectivity index (χ0) is 17.8. The zero-order valence-corrected chi connectivity index (χ0v) is 14.9. The van der Waals surface area contributed by atoms with E-state index in [1.165, 1.54) is 0 Å². The number of aryl methyl sites for hydroxylation is 2. The molecule has 1 aromatic carbocycles. The normalized spacial score (nSPS) is 10.8. The molecule has 2 heterocycles. The van der Waals surface area contributed by atoms with Crippen molar-refractivity contribution in [3.8, 4) is 5.75 Å². The molecule has 0 atom stereocenters. The fourth-order valence-corrected chi connectivity index (χ4v) is 3.15. The quantitative estimate of drug-likeness (QED) is 0.746. The summed E-state index contributed by atoms with van der Waals surface area (Å²) in [5.41, 5.74) is 3.71. The smallest absolute Gasteiger partial charge is 0.268 e.